The predicted octanol–water partition coefficient (Wildman–Crippen LogP) is 3.83. The number of hydrogen-bond acceptors (Lipinski definition) is 4. The predicted molar refractivity (Wildman–Crippen MR) is 87.1 cm³/mol. The molecular formula is C16H32O4Si. The van der Waals surface area contributed by atoms with Crippen LogP contribution in [0.15, 0.2) is 0 Å². The van der Waals surface area contributed by atoms with Gasteiger partial charge < -0.3 is 14.2 Å². The van der Waals surface area contributed by atoms with Crippen LogP contribution < -0.4 is 0 Å². The van der Waals surface area contributed by atoms with Crippen molar-refractivity contribution < 1.29 is 19.0 Å². The van der Waals surface area contributed by atoms with Crippen LogP contribution in [0, 0.1) is 5.41 Å². The van der Waals surface area contributed by atoms with Crippen LogP contribution in [0.5, 0.6) is 0 Å². The maximum absolute atomic E-state index is 11.9. The average molecular weight is 317 g/mol. The minimum atomic E-state index is -1.02. The fourth-order valence-corrected chi connectivity index (χ4v) is 3.57. The molecule has 0 aromatic carbocycles. The SMILES string of the molecule is CC[C@]1(C(=O)OC)CC[C@H](OCOCC[Si](C)(C)C)CC1. The Bertz CT molecular complexity index is 317. The van der Waals surface area contributed by atoms with Gasteiger partial charge in [-0.25, -0.2) is 0 Å². The number of carbonyl (C=O) groups is 1. The summed E-state index contributed by atoms with van der Waals surface area (Å²) in [6.45, 7) is 10.3. The fraction of sp³-hybridized carbons (Fsp3) is 0.938. The molecule has 4 nitrogen and oxygen atoms in total. The second kappa shape index (κ2) is 8.29. The van der Waals surface area contributed by atoms with Crippen LogP contribution in [0.2, 0.25) is 25.7 Å². The molecule has 1 rings (SSSR count). The first-order valence-corrected chi connectivity index (χ1v) is 11.8. The van der Waals surface area contributed by atoms with Gasteiger partial charge in [-0.15, -0.1) is 0 Å². The smallest absolute Gasteiger partial charge is 0.311 e. The first-order valence-electron chi connectivity index (χ1n) is 8.11. The van der Waals surface area contributed by atoms with Crippen LogP contribution in [-0.4, -0.2) is 40.7 Å². The van der Waals surface area contributed by atoms with Gasteiger partial charge in [0.05, 0.1) is 18.6 Å². The number of methoxy groups -OCH3 is 1. The molecule has 1 saturated carbocycles. The fourth-order valence-electron chi connectivity index (χ4n) is 2.81. The summed E-state index contributed by atoms with van der Waals surface area (Å²) in [4.78, 5) is 11.9. The third-order valence-corrected chi connectivity index (χ3v) is 6.27. The number of ether oxygens (including phenoxy) is 3. The summed E-state index contributed by atoms with van der Waals surface area (Å²) in [6.07, 6.45) is 4.62. The Kier molecular flexibility index (Phi) is 7.37. The van der Waals surface area contributed by atoms with Crippen LogP contribution in [0.25, 0.3) is 0 Å². The lowest BCUT2D eigenvalue weighted by molar-refractivity contribution is -0.159. The molecule has 0 atom stereocenters. The molecule has 0 aromatic heterocycles. The first kappa shape index (κ1) is 18.7. The second-order valence-corrected chi connectivity index (χ2v) is 12.9. The zero-order valence-electron chi connectivity index (χ0n) is 14.4. The maximum atomic E-state index is 11.9. The van der Waals surface area contributed by atoms with Crippen molar-refractivity contribution in [3.05, 3.63) is 0 Å². The van der Waals surface area contributed by atoms with Gasteiger partial charge in [-0.2, -0.15) is 0 Å². The quantitative estimate of drug-likeness (QED) is 0.295. The Labute approximate surface area is 130 Å². The number of hydrogen-bond donors (Lipinski definition) is 0. The molecule has 0 amide bonds. The third kappa shape index (κ3) is 6.08. The van der Waals surface area contributed by atoms with E-state index in [2.05, 4.69) is 26.6 Å². The van der Waals surface area contributed by atoms with E-state index < -0.39 is 8.07 Å². The van der Waals surface area contributed by atoms with E-state index in [1.165, 1.54) is 13.2 Å². The molecular weight excluding hydrogens is 284 g/mol. The highest BCUT2D eigenvalue weighted by Crippen LogP contribution is 2.41. The van der Waals surface area contributed by atoms with Crippen molar-refractivity contribution >= 4 is 14.0 Å². The lowest BCUT2D eigenvalue weighted by atomic mass is 9.71. The molecule has 0 aliphatic heterocycles. The van der Waals surface area contributed by atoms with E-state index in [0.717, 1.165) is 38.7 Å². The summed E-state index contributed by atoms with van der Waals surface area (Å²) in [5, 5.41) is 0. The van der Waals surface area contributed by atoms with Crippen LogP contribution in [-0.2, 0) is 19.0 Å². The normalized spacial score (nSPS) is 26.6. The highest BCUT2D eigenvalue weighted by Gasteiger charge is 2.41. The van der Waals surface area contributed by atoms with E-state index in [9.17, 15) is 4.79 Å². The Morgan fingerprint density at radius 2 is 1.86 bits per heavy atom. The van der Waals surface area contributed by atoms with Gasteiger partial charge in [-0.05, 0) is 38.1 Å². The summed E-state index contributed by atoms with van der Waals surface area (Å²) in [6, 6.07) is 1.17. The van der Waals surface area contributed by atoms with Crippen molar-refractivity contribution in [1.29, 1.82) is 0 Å². The molecule has 0 heterocycles. The zero-order valence-corrected chi connectivity index (χ0v) is 15.4. The first-order chi connectivity index (χ1) is 9.83. The molecule has 21 heavy (non-hydrogen) atoms. The Morgan fingerprint density at radius 3 is 2.33 bits per heavy atom. The van der Waals surface area contributed by atoms with Crippen LogP contribution in [0.1, 0.15) is 39.0 Å². The monoisotopic (exact) mass is 316 g/mol. The molecule has 0 aromatic rings. The molecule has 1 fully saturated rings. The van der Waals surface area contributed by atoms with Gasteiger partial charge >= 0.3 is 5.97 Å². The summed E-state index contributed by atoms with van der Waals surface area (Å²) in [5.41, 5.74) is -0.284. The third-order valence-electron chi connectivity index (χ3n) is 4.57. The van der Waals surface area contributed by atoms with Gasteiger partial charge in [0.1, 0.15) is 6.79 Å². The lowest BCUT2D eigenvalue weighted by Crippen LogP contribution is -2.38. The molecule has 124 valence electrons. The van der Waals surface area contributed by atoms with Gasteiger partial charge in [-0.3, -0.25) is 4.79 Å². The molecule has 1 aliphatic carbocycles. The van der Waals surface area contributed by atoms with Gasteiger partial charge in [0.15, 0.2) is 0 Å². The molecule has 5 heteroatoms. The van der Waals surface area contributed by atoms with E-state index in [1.54, 1.807) is 0 Å². The highest BCUT2D eigenvalue weighted by molar-refractivity contribution is 6.76. The summed E-state index contributed by atoms with van der Waals surface area (Å²) < 4.78 is 16.3. The average Bonchev–Trinajstić information content (AvgIpc) is 2.45. The number of esters is 1. The molecule has 0 saturated heterocycles. The zero-order chi connectivity index (χ0) is 15.9. The minimum Gasteiger partial charge on any atom is -0.469 e. The van der Waals surface area contributed by atoms with Crippen LogP contribution >= 0.6 is 0 Å². The van der Waals surface area contributed by atoms with E-state index >= 15 is 0 Å². The van der Waals surface area contributed by atoms with Crippen molar-refractivity contribution in [1.82, 2.24) is 0 Å². The van der Waals surface area contributed by atoms with Gasteiger partial charge in [0.2, 0.25) is 0 Å². The summed E-state index contributed by atoms with van der Waals surface area (Å²) >= 11 is 0. The molecule has 0 unspecified atom stereocenters. The molecule has 0 radical (unpaired) electrons. The summed E-state index contributed by atoms with van der Waals surface area (Å²) in [5.74, 6) is -0.0603. The summed E-state index contributed by atoms with van der Waals surface area (Å²) in [7, 11) is 0.461. The van der Waals surface area contributed by atoms with E-state index in [1.807, 2.05) is 0 Å². The van der Waals surface area contributed by atoms with Crippen molar-refractivity contribution in [3.8, 4) is 0 Å². The van der Waals surface area contributed by atoms with Gasteiger partial charge in [0, 0.05) is 14.7 Å². The maximum Gasteiger partial charge on any atom is 0.311 e. The van der Waals surface area contributed by atoms with Gasteiger partial charge in [-0.1, -0.05) is 26.6 Å². The van der Waals surface area contributed by atoms with Crippen molar-refractivity contribution in [2.45, 2.75) is 70.8 Å². The molecule has 0 bridgehead atoms. The van der Waals surface area contributed by atoms with Crippen molar-refractivity contribution in [3.63, 3.8) is 0 Å². The number of carbonyl (C=O) groups excluding carboxylic acids is 1. The van der Waals surface area contributed by atoms with Gasteiger partial charge in [0.25, 0.3) is 0 Å². The number of rotatable bonds is 8. The van der Waals surface area contributed by atoms with Crippen molar-refractivity contribution in [2.24, 2.45) is 5.41 Å². The van der Waals surface area contributed by atoms with Crippen LogP contribution in [0.4, 0.5) is 0 Å². The van der Waals surface area contributed by atoms with Crippen molar-refractivity contribution in [2.75, 3.05) is 20.5 Å². The Hall–Kier alpha value is -0.393. The second-order valence-electron chi connectivity index (χ2n) is 7.33. The standard InChI is InChI=1S/C16H32O4Si/c1-6-16(15(17)18-2)9-7-14(8-10-16)20-13-19-11-12-21(3,4)5/h14H,6-13H2,1-5H3/t14-,16-. The largest absolute Gasteiger partial charge is 0.469 e. The highest BCUT2D eigenvalue weighted by atomic mass is 28.3. The molecule has 0 N–H and O–H groups in total. The van der Waals surface area contributed by atoms with Crippen LogP contribution in [0.3, 0.4) is 0 Å². The lowest BCUT2D eigenvalue weighted by Gasteiger charge is -2.36. The topological polar surface area (TPSA) is 44.8 Å². The molecule has 1 aliphatic rings. The Morgan fingerprint density at radius 1 is 1.24 bits per heavy atom. The molecule has 0 spiro atoms. The minimum absolute atomic E-state index is 0.0603. The van der Waals surface area contributed by atoms with E-state index in [-0.39, 0.29) is 17.5 Å². The Balaban J connectivity index is 2.23. The van der Waals surface area contributed by atoms with E-state index in [0.29, 0.717) is 6.79 Å². The van der Waals surface area contributed by atoms with E-state index in [4.69, 9.17) is 14.2 Å².